The third kappa shape index (κ3) is 5.28. The largest absolute Gasteiger partial charge is 0.372 e. The van der Waals surface area contributed by atoms with Crippen LogP contribution in [0.25, 0.3) is 5.57 Å². The van der Waals surface area contributed by atoms with Gasteiger partial charge in [0.1, 0.15) is 17.5 Å². The minimum atomic E-state index is 0.258. The van der Waals surface area contributed by atoms with Crippen molar-refractivity contribution in [3.8, 4) is 6.07 Å². The molecule has 1 aliphatic carbocycles. The zero-order chi connectivity index (χ0) is 22.3. The second-order valence-corrected chi connectivity index (χ2v) is 8.58. The molecule has 1 aromatic rings. The van der Waals surface area contributed by atoms with Crippen molar-refractivity contribution in [3.05, 3.63) is 47.2 Å². The Morgan fingerprint density at radius 2 is 2.19 bits per heavy atom. The van der Waals surface area contributed by atoms with E-state index in [0.29, 0.717) is 35.4 Å². The van der Waals surface area contributed by atoms with Gasteiger partial charge in [0.2, 0.25) is 11.9 Å². The Morgan fingerprint density at radius 1 is 1.34 bits per heavy atom. The highest BCUT2D eigenvalue weighted by molar-refractivity contribution is 5.81. The number of hydrogen-bond donors (Lipinski definition) is 3. The first kappa shape index (κ1) is 21.9. The summed E-state index contributed by atoms with van der Waals surface area (Å²) < 4.78 is 0. The number of nitrogens with zero attached hydrogens (tertiary/aromatic N) is 4. The molecule has 0 atom stereocenters. The molecule has 1 saturated carbocycles. The lowest BCUT2D eigenvalue weighted by molar-refractivity contribution is -0.127. The molecule has 0 radical (unpaired) electrons. The Labute approximate surface area is 189 Å². The molecule has 2 fully saturated rings. The molecule has 8 heteroatoms. The van der Waals surface area contributed by atoms with E-state index in [1.165, 1.54) is 12.8 Å². The second-order valence-electron chi connectivity index (χ2n) is 8.58. The number of allylic oxidation sites excluding steroid dienone is 4. The molecule has 0 unspecified atom stereocenters. The highest BCUT2D eigenvalue weighted by Gasteiger charge is 2.20. The lowest BCUT2D eigenvalue weighted by atomic mass is 10.1. The molecule has 1 aromatic heterocycles. The van der Waals surface area contributed by atoms with Crippen molar-refractivity contribution in [2.75, 3.05) is 25.0 Å². The van der Waals surface area contributed by atoms with Gasteiger partial charge in [0.25, 0.3) is 0 Å². The Hall–Kier alpha value is -3.34. The number of dihydropyridines is 1. The predicted molar refractivity (Wildman–Crippen MR) is 124 cm³/mol. The molecule has 3 N–H and O–H groups in total. The van der Waals surface area contributed by atoms with Crippen LogP contribution in [0, 0.1) is 18.3 Å². The van der Waals surface area contributed by atoms with Gasteiger partial charge >= 0.3 is 0 Å². The number of nitriles is 1. The molecule has 4 rings (SSSR count). The Balaban J connectivity index is 1.40. The summed E-state index contributed by atoms with van der Waals surface area (Å²) in [5.41, 5.74) is 2.70. The standard InChI is InChI=1S/C24H31N7O/c1-17-16-27-24(28-18-7-2-3-8-18)30-23(17)19(15-25)20-9-4-10-21(29-20)26-12-6-14-31-13-5-11-22(31)32/h4,9-10,16,18,26,29H,2-3,5-8,11-14H2,1H3,(H,27,28,30)/b20-19+. The molecule has 0 aromatic carbocycles. The van der Waals surface area contributed by atoms with E-state index < -0.39 is 0 Å². The average Bonchev–Trinajstić information content (AvgIpc) is 3.46. The van der Waals surface area contributed by atoms with Crippen molar-refractivity contribution >= 4 is 17.4 Å². The number of aromatic nitrogens is 2. The average molecular weight is 434 g/mol. The minimum Gasteiger partial charge on any atom is -0.372 e. The molecular weight excluding hydrogens is 402 g/mol. The van der Waals surface area contributed by atoms with Gasteiger partial charge in [-0.1, -0.05) is 18.9 Å². The molecular formula is C24H31N7O. The van der Waals surface area contributed by atoms with E-state index in [4.69, 9.17) is 0 Å². The predicted octanol–water partition coefficient (Wildman–Crippen LogP) is 2.98. The van der Waals surface area contributed by atoms with E-state index in [2.05, 4.69) is 32.0 Å². The first-order chi connectivity index (χ1) is 15.6. The normalized spacial score (nSPS) is 20.1. The van der Waals surface area contributed by atoms with Gasteiger partial charge in [-0.05, 0) is 50.3 Å². The number of rotatable bonds is 8. The first-order valence-electron chi connectivity index (χ1n) is 11.6. The summed E-state index contributed by atoms with van der Waals surface area (Å²) >= 11 is 0. The lowest BCUT2D eigenvalue weighted by Gasteiger charge is -2.20. The van der Waals surface area contributed by atoms with Gasteiger partial charge in [0.05, 0.1) is 11.4 Å². The van der Waals surface area contributed by atoms with Gasteiger partial charge in [0, 0.05) is 38.3 Å². The number of aryl methyl sites for hydroxylation is 1. The third-order valence-electron chi connectivity index (χ3n) is 6.16. The molecule has 0 bridgehead atoms. The van der Waals surface area contributed by atoms with Crippen LogP contribution >= 0.6 is 0 Å². The van der Waals surface area contributed by atoms with Crippen LogP contribution in [-0.4, -0.2) is 46.5 Å². The van der Waals surface area contributed by atoms with Gasteiger partial charge in [0.15, 0.2) is 0 Å². The van der Waals surface area contributed by atoms with E-state index >= 15 is 0 Å². The number of amides is 1. The maximum absolute atomic E-state index is 11.7. The molecule has 1 amide bonds. The quantitative estimate of drug-likeness (QED) is 0.427. The molecule has 32 heavy (non-hydrogen) atoms. The highest BCUT2D eigenvalue weighted by Crippen LogP contribution is 2.24. The fraction of sp³-hybridized carbons (Fsp3) is 0.500. The summed E-state index contributed by atoms with van der Waals surface area (Å²) in [4.78, 5) is 22.8. The molecule has 8 nitrogen and oxygen atoms in total. The molecule has 168 valence electrons. The van der Waals surface area contributed by atoms with Gasteiger partial charge < -0.3 is 20.9 Å². The topological polar surface area (TPSA) is 106 Å². The number of nitrogens with one attached hydrogen (secondary N) is 3. The van der Waals surface area contributed by atoms with Crippen LogP contribution in [0.3, 0.4) is 0 Å². The smallest absolute Gasteiger partial charge is 0.223 e. The SMILES string of the molecule is Cc1cnc(NC2CCCC2)nc1/C(C#N)=C1\C=CC=C(NCCCN2CCCC2=O)N1. The summed E-state index contributed by atoms with van der Waals surface area (Å²) in [6.45, 7) is 4.32. The molecule has 0 spiro atoms. The Bertz CT molecular complexity index is 983. The Morgan fingerprint density at radius 3 is 2.94 bits per heavy atom. The van der Waals surface area contributed by atoms with Crippen LogP contribution in [0.15, 0.2) is 35.9 Å². The lowest BCUT2D eigenvalue weighted by Crippen LogP contribution is -2.31. The summed E-state index contributed by atoms with van der Waals surface area (Å²) in [6.07, 6.45) is 14.8. The third-order valence-corrected chi connectivity index (χ3v) is 6.16. The number of likely N-dealkylation sites (tertiary alicyclic amines) is 1. The van der Waals surface area contributed by atoms with Gasteiger partial charge in [-0.25, -0.2) is 9.97 Å². The maximum atomic E-state index is 11.7. The van der Waals surface area contributed by atoms with E-state index in [1.54, 1.807) is 6.20 Å². The summed E-state index contributed by atoms with van der Waals surface area (Å²) in [6, 6.07) is 2.74. The van der Waals surface area contributed by atoms with Crippen LogP contribution in [0.5, 0.6) is 0 Å². The number of carbonyl (C=O) groups excluding carboxylic acids is 1. The van der Waals surface area contributed by atoms with Gasteiger partial charge in [-0.3, -0.25) is 4.79 Å². The fourth-order valence-electron chi connectivity index (χ4n) is 4.41. The van der Waals surface area contributed by atoms with Crippen molar-refractivity contribution in [1.82, 2.24) is 25.5 Å². The van der Waals surface area contributed by atoms with E-state index in [-0.39, 0.29) is 5.91 Å². The van der Waals surface area contributed by atoms with Crippen LogP contribution < -0.4 is 16.0 Å². The zero-order valence-corrected chi connectivity index (χ0v) is 18.7. The first-order valence-corrected chi connectivity index (χ1v) is 11.6. The summed E-state index contributed by atoms with van der Waals surface area (Å²) in [5.74, 6) is 1.67. The van der Waals surface area contributed by atoms with Crippen LogP contribution in [0.2, 0.25) is 0 Å². The summed E-state index contributed by atoms with van der Waals surface area (Å²) in [7, 11) is 0. The van der Waals surface area contributed by atoms with E-state index in [9.17, 15) is 10.1 Å². The van der Waals surface area contributed by atoms with Crippen molar-refractivity contribution < 1.29 is 4.79 Å². The van der Waals surface area contributed by atoms with Crippen LogP contribution in [0.4, 0.5) is 5.95 Å². The number of hydrogen-bond acceptors (Lipinski definition) is 7. The van der Waals surface area contributed by atoms with Gasteiger partial charge in [-0.2, -0.15) is 5.26 Å². The second kappa shape index (κ2) is 10.3. The van der Waals surface area contributed by atoms with Crippen molar-refractivity contribution in [3.63, 3.8) is 0 Å². The van der Waals surface area contributed by atoms with Crippen molar-refractivity contribution in [2.45, 2.75) is 57.9 Å². The fourth-order valence-corrected chi connectivity index (χ4v) is 4.41. The van der Waals surface area contributed by atoms with Crippen molar-refractivity contribution in [2.24, 2.45) is 0 Å². The number of anilines is 1. The van der Waals surface area contributed by atoms with Gasteiger partial charge in [-0.15, -0.1) is 0 Å². The van der Waals surface area contributed by atoms with E-state index in [1.807, 2.05) is 30.1 Å². The van der Waals surface area contributed by atoms with E-state index in [0.717, 1.165) is 56.7 Å². The molecule has 3 aliphatic rings. The van der Waals surface area contributed by atoms with Crippen LogP contribution in [0.1, 0.15) is 56.2 Å². The molecule has 1 saturated heterocycles. The monoisotopic (exact) mass is 433 g/mol. The summed E-state index contributed by atoms with van der Waals surface area (Å²) in [5, 5.41) is 20.0. The number of carbonyl (C=O) groups is 1. The maximum Gasteiger partial charge on any atom is 0.223 e. The zero-order valence-electron chi connectivity index (χ0n) is 18.7. The highest BCUT2D eigenvalue weighted by atomic mass is 16.2. The molecule has 3 heterocycles. The molecule has 2 aliphatic heterocycles. The minimum absolute atomic E-state index is 0.258. The van der Waals surface area contributed by atoms with Crippen molar-refractivity contribution in [1.29, 1.82) is 5.26 Å². The van der Waals surface area contributed by atoms with Crippen LogP contribution in [-0.2, 0) is 4.79 Å². The Kier molecular flexibility index (Phi) is 7.05.